The third-order valence-electron chi connectivity index (χ3n) is 5.30. The van der Waals surface area contributed by atoms with Gasteiger partial charge in [0.2, 0.25) is 5.95 Å². The van der Waals surface area contributed by atoms with Crippen LogP contribution in [-0.2, 0) is 17.8 Å². The predicted molar refractivity (Wildman–Crippen MR) is 98.5 cm³/mol. The molecule has 1 aromatic heterocycles. The lowest BCUT2D eigenvalue weighted by Gasteiger charge is -2.39. The monoisotopic (exact) mass is 430 g/mol. The molecule has 3 heterocycles. The van der Waals surface area contributed by atoms with E-state index in [0.29, 0.717) is 32.4 Å². The van der Waals surface area contributed by atoms with Gasteiger partial charge in [0.15, 0.2) is 0 Å². The maximum Gasteiger partial charge on any atom is 0.408 e. The molecule has 0 unspecified atom stereocenters. The Labute approximate surface area is 168 Å². The highest BCUT2D eigenvalue weighted by atomic mass is 19.4. The summed E-state index contributed by atoms with van der Waals surface area (Å²) in [7, 11) is 0. The molecule has 1 atom stereocenters. The van der Waals surface area contributed by atoms with Gasteiger partial charge in [0.05, 0.1) is 13.2 Å². The molecule has 6 nitrogen and oxygen atoms in total. The second-order valence-corrected chi connectivity index (χ2v) is 7.21. The number of fused-ring (bicyclic) bond motifs is 1. The molecule has 0 radical (unpaired) electrons. The molecule has 2 aromatic rings. The highest BCUT2D eigenvalue weighted by Gasteiger charge is 2.47. The molecule has 0 N–H and O–H groups in total. The molecule has 1 aromatic carbocycles. The molecular formula is C19H19F5N4O2. The smallest absolute Gasteiger partial charge is 0.378 e. The zero-order valence-electron chi connectivity index (χ0n) is 15.8. The van der Waals surface area contributed by atoms with Gasteiger partial charge in [0.1, 0.15) is 23.5 Å². The van der Waals surface area contributed by atoms with E-state index in [4.69, 9.17) is 4.74 Å². The molecule has 0 amide bonds. The van der Waals surface area contributed by atoms with E-state index in [-0.39, 0.29) is 30.3 Å². The van der Waals surface area contributed by atoms with Gasteiger partial charge in [-0.2, -0.15) is 18.2 Å². The summed E-state index contributed by atoms with van der Waals surface area (Å²) in [6.07, 6.45) is -4.99. The minimum absolute atomic E-state index is 0.120. The van der Waals surface area contributed by atoms with Crippen molar-refractivity contribution in [3.05, 3.63) is 51.8 Å². The summed E-state index contributed by atoms with van der Waals surface area (Å²) >= 11 is 0. The van der Waals surface area contributed by atoms with Crippen molar-refractivity contribution in [1.82, 2.24) is 9.55 Å². The third-order valence-corrected chi connectivity index (χ3v) is 5.30. The number of ether oxygens (including phenoxy) is 1. The molecule has 1 saturated heterocycles. The Morgan fingerprint density at radius 1 is 1.10 bits per heavy atom. The molecule has 30 heavy (non-hydrogen) atoms. The van der Waals surface area contributed by atoms with Gasteiger partial charge >= 0.3 is 6.18 Å². The van der Waals surface area contributed by atoms with Gasteiger partial charge in [-0.3, -0.25) is 9.36 Å². The fraction of sp³-hybridized carbons (Fsp3) is 0.474. The quantitative estimate of drug-likeness (QED) is 0.701. The van der Waals surface area contributed by atoms with Crippen molar-refractivity contribution in [2.45, 2.75) is 31.7 Å². The molecule has 4 rings (SSSR count). The van der Waals surface area contributed by atoms with E-state index in [1.807, 2.05) is 0 Å². The van der Waals surface area contributed by atoms with Crippen LogP contribution in [0.3, 0.4) is 0 Å². The van der Waals surface area contributed by atoms with Crippen molar-refractivity contribution in [3.8, 4) is 0 Å². The number of alkyl halides is 3. The summed E-state index contributed by atoms with van der Waals surface area (Å²) in [5.41, 5.74) is -0.600. The standard InChI is InChI=1S/C19H19F5N4O2/c20-13-2-1-12(14(21)9-13)11-28-15(19(22,23)24)3-4-27-17(29)10-16(25-18(27)28)26-5-7-30-8-6-26/h1-2,9-10,15H,3-8,11H2/t15-/m0/s1. The number of halogens is 5. The van der Waals surface area contributed by atoms with Crippen LogP contribution >= 0.6 is 0 Å². The number of aromatic nitrogens is 2. The number of hydrogen-bond acceptors (Lipinski definition) is 5. The van der Waals surface area contributed by atoms with Crippen molar-refractivity contribution in [2.75, 3.05) is 36.1 Å². The zero-order valence-corrected chi connectivity index (χ0v) is 15.8. The van der Waals surface area contributed by atoms with Crippen LogP contribution in [-0.4, -0.2) is 48.1 Å². The maximum absolute atomic E-state index is 14.2. The van der Waals surface area contributed by atoms with Crippen LogP contribution in [0.25, 0.3) is 0 Å². The van der Waals surface area contributed by atoms with Crippen LogP contribution in [0.4, 0.5) is 33.7 Å². The highest BCUT2D eigenvalue weighted by Crippen LogP contribution is 2.35. The van der Waals surface area contributed by atoms with Crippen LogP contribution in [0.1, 0.15) is 12.0 Å². The van der Waals surface area contributed by atoms with Gasteiger partial charge in [0.25, 0.3) is 5.56 Å². The zero-order chi connectivity index (χ0) is 21.5. The Kier molecular flexibility index (Phi) is 5.39. The number of rotatable bonds is 3. The summed E-state index contributed by atoms with van der Waals surface area (Å²) in [6.45, 7) is 1.06. The van der Waals surface area contributed by atoms with Crippen LogP contribution in [0.2, 0.25) is 0 Å². The molecule has 0 saturated carbocycles. The van der Waals surface area contributed by atoms with Gasteiger partial charge in [-0.25, -0.2) is 8.78 Å². The Morgan fingerprint density at radius 3 is 2.50 bits per heavy atom. The number of benzene rings is 1. The Bertz CT molecular complexity index is 988. The fourth-order valence-corrected chi connectivity index (χ4v) is 3.77. The lowest BCUT2D eigenvalue weighted by Crippen LogP contribution is -2.52. The van der Waals surface area contributed by atoms with E-state index >= 15 is 0 Å². The van der Waals surface area contributed by atoms with Crippen molar-refractivity contribution in [1.29, 1.82) is 0 Å². The van der Waals surface area contributed by atoms with E-state index in [1.165, 1.54) is 6.07 Å². The minimum atomic E-state index is -4.62. The molecule has 0 bridgehead atoms. The first-order valence-corrected chi connectivity index (χ1v) is 9.46. The molecule has 162 valence electrons. The summed E-state index contributed by atoms with van der Waals surface area (Å²) in [5, 5.41) is 0. The van der Waals surface area contributed by atoms with Crippen molar-refractivity contribution < 1.29 is 26.7 Å². The fourth-order valence-electron chi connectivity index (χ4n) is 3.77. The third kappa shape index (κ3) is 3.98. The first-order valence-electron chi connectivity index (χ1n) is 9.46. The predicted octanol–water partition coefficient (Wildman–Crippen LogP) is 2.70. The molecule has 1 fully saturated rings. The summed E-state index contributed by atoms with van der Waals surface area (Å²) in [4.78, 5) is 19.6. The SMILES string of the molecule is O=c1cc(N2CCOCC2)nc2n1CC[C@@H](C(F)(F)F)N2Cc1ccc(F)cc1F. The van der Waals surface area contributed by atoms with Gasteiger partial charge < -0.3 is 14.5 Å². The Hall–Kier alpha value is -2.69. The molecular weight excluding hydrogens is 411 g/mol. The minimum Gasteiger partial charge on any atom is -0.378 e. The van der Waals surface area contributed by atoms with Gasteiger partial charge in [-0.05, 0) is 12.5 Å². The summed E-state index contributed by atoms with van der Waals surface area (Å²) < 4.78 is 75.2. The average molecular weight is 430 g/mol. The van der Waals surface area contributed by atoms with Gasteiger partial charge in [-0.15, -0.1) is 0 Å². The van der Waals surface area contributed by atoms with Gasteiger partial charge in [0, 0.05) is 43.9 Å². The van der Waals surface area contributed by atoms with E-state index in [0.717, 1.165) is 21.6 Å². The van der Waals surface area contributed by atoms with Crippen molar-refractivity contribution >= 4 is 11.8 Å². The number of morpholine rings is 1. The summed E-state index contributed by atoms with van der Waals surface area (Å²) in [6, 6.07) is 2.04. The van der Waals surface area contributed by atoms with Crippen molar-refractivity contribution in [3.63, 3.8) is 0 Å². The average Bonchev–Trinajstić information content (AvgIpc) is 2.70. The topological polar surface area (TPSA) is 50.6 Å². The molecule has 11 heteroatoms. The lowest BCUT2D eigenvalue weighted by atomic mass is 10.1. The van der Waals surface area contributed by atoms with Crippen LogP contribution in [0.5, 0.6) is 0 Å². The van der Waals surface area contributed by atoms with E-state index in [9.17, 15) is 26.7 Å². The van der Waals surface area contributed by atoms with Gasteiger partial charge in [-0.1, -0.05) is 6.07 Å². The first-order chi connectivity index (χ1) is 14.2. The number of anilines is 2. The molecule has 0 aliphatic carbocycles. The van der Waals surface area contributed by atoms with Crippen LogP contribution < -0.4 is 15.4 Å². The van der Waals surface area contributed by atoms with Crippen LogP contribution in [0.15, 0.2) is 29.1 Å². The number of hydrogen-bond donors (Lipinski definition) is 0. The Balaban J connectivity index is 1.78. The van der Waals surface area contributed by atoms with Crippen LogP contribution in [0, 0.1) is 11.6 Å². The van der Waals surface area contributed by atoms with E-state index < -0.39 is 36.0 Å². The normalized spacial score (nSPS) is 19.7. The second-order valence-electron chi connectivity index (χ2n) is 7.21. The Morgan fingerprint density at radius 2 is 1.83 bits per heavy atom. The van der Waals surface area contributed by atoms with E-state index in [1.54, 1.807) is 4.90 Å². The molecule has 2 aliphatic heterocycles. The first kappa shape index (κ1) is 20.6. The number of nitrogens with zero attached hydrogens (tertiary/aromatic N) is 4. The second kappa shape index (κ2) is 7.86. The molecule has 2 aliphatic rings. The molecule has 0 spiro atoms. The van der Waals surface area contributed by atoms with Crippen molar-refractivity contribution in [2.24, 2.45) is 0 Å². The van der Waals surface area contributed by atoms with E-state index in [2.05, 4.69) is 4.98 Å². The maximum atomic E-state index is 14.2. The highest BCUT2D eigenvalue weighted by molar-refractivity contribution is 5.47. The summed E-state index contributed by atoms with van der Waals surface area (Å²) in [5.74, 6) is -1.71. The largest absolute Gasteiger partial charge is 0.408 e. The lowest BCUT2D eigenvalue weighted by molar-refractivity contribution is -0.153.